The van der Waals surface area contributed by atoms with E-state index in [1.807, 2.05) is 4.90 Å². The van der Waals surface area contributed by atoms with E-state index in [1.54, 1.807) is 0 Å². The minimum atomic E-state index is 0.0876. The van der Waals surface area contributed by atoms with E-state index in [-0.39, 0.29) is 12.1 Å². The van der Waals surface area contributed by atoms with Crippen molar-refractivity contribution in [2.24, 2.45) is 13.0 Å². The topological polar surface area (TPSA) is 40.5 Å². The number of hydrogen-bond donors (Lipinski definition) is 1. The number of likely N-dealkylation sites (tertiary alicyclic amines) is 1. The number of amides is 2. The molecule has 5 heteroatoms. The molecule has 2 atom stereocenters. The van der Waals surface area contributed by atoms with E-state index in [0.29, 0.717) is 12.0 Å². The lowest BCUT2D eigenvalue weighted by Crippen LogP contribution is -2.48. The predicted molar refractivity (Wildman–Crippen MR) is 104 cm³/mol. The van der Waals surface area contributed by atoms with Crippen LogP contribution >= 0.6 is 0 Å². The molecule has 1 saturated heterocycles. The maximum atomic E-state index is 12.8. The fraction of sp³-hybridized carbons (Fsp3) is 0.750. The number of carbonyl (C=O) groups is 1. The van der Waals surface area contributed by atoms with Crippen molar-refractivity contribution in [1.82, 2.24) is 19.7 Å². The molecule has 25 heavy (non-hydrogen) atoms. The number of nitrogens with one attached hydrogen (secondary N) is 1. The number of hydrogen-bond acceptors (Lipinski definition) is 2. The minimum Gasteiger partial charge on any atom is -0.353 e. The van der Waals surface area contributed by atoms with Gasteiger partial charge in [-0.15, -0.1) is 0 Å². The molecule has 1 fully saturated rings. The molecule has 2 heterocycles. The van der Waals surface area contributed by atoms with Gasteiger partial charge in [0.2, 0.25) is 0 Å². The zero-order valence-electron chi connectivity index (χ0n) is 16.7. The maximum Gasteiger partial charge on any atom is 0.318 e. The molecule has 2 amide bonds. The van der Waals surface area contributed by atoms with E-state index in [2.05, 4.69) is 67.9 Å². The third-order valence-electron chi connectivity index (χ3n) is 5.40. The molecule has 0 aliphatic carbocycles. The fourth-order valence-corrected chi connectivity index (χ4v) is 4.09. The Kier molecular flexibility index (Phi) is 7.36. The molecule has 0 spiro atoms. The third-order valence-corrected chi connectivity index (χ3v) is 5.40. The van der Waals surface area contributed by atoms with Crippen molar-refractivity contribution in [2.75, 3.05) is 26.2 Å². The van der Waals surface area contributed by atoms with Crippen molar-refractivity contribution >= 4 is 6.03 Å². The van der Waals surface area contributed by atoms with Gasteiger partial charge in [0, 0.05) is 38.1 Å². The van der Waals surface area contributed by atoms with Gasteiger partial charge in [-0.2, -0.15) is 0 Å². The van der Waals surface area contributed by atoms with Gasteiger partial charge in [-0.1, -0.05) is 27.7 Å². The first-order valence-corrected chi connectivity index (χ1v) is 9.87. The Morgan fingerprint density at radius 1 is 1.36 bits per heavy atom. The lowest BCUT2D eigenvalue weighted by Gasteiger charge is -2.32. The SMILES string of the molecule is CCN(CC)C(CNC(=O)N1CCCC1c1cccn1C)CC(C)C. The molecule has 142 valence electrons. The van der Waals surface area contributed by atoms with Crippen molar-refractivity contribution < 1.29 is 4.79 Å². The summed E-state index contributed by atoms with van der Waals surface area (Å²) < 4.78 is 2.13. The Morgan fingerprint density at radius 2 is 2.08 bits per heavy atom. The summed E-state index contributed by atoms with van der Waals surface area (Å²) in [5.41, 5.74) is 1.23. The lowest BCUT2D eigenvalue weighted by molar-refractivity contribution is 0.168. The van der Waals surface area contributed by atoms with E-state index in [1.165, 1.54) is 5.69 Å². The number of carbonyl (C=O) groups excluding carboxylic acids is 1. The first-order chi connectivity index (χ1) is 12.0. The molecule has 0 bridgehead atoms. The van der Waals surface area contributed by atoms with Crippen LogP contribution < -0.4 is 5.32 Å². The van der Waals surface area contributed by atoms with Gasteiger partial charge in [0.05, 0.1) is 6.04 Å². The van der Waals surface area contributed by atoms with Crippen LogP contribution in [-0.2, 0) is 7.05 Å². The Morgan fingerprint density at radius 3 is 2.64 bits per heavy atom. The molecular weight excluding hydrogens is 312 g/mol. The van der Waals surface area contributed by atoms with E-state index < -0.39 is 0 Å². The molecule has 1 aliphatic rings. The van der Waals surface area contributed by atoms with Crippen molar-refractivity contribution in [3.8, 4) is 0 Å². The highest BCUT2D eigenvalue weighted by atomic mass is 16.2. The number of likely N-dealkylation sites (N-methyl/N-ethyl adjacent to an activating group) is 1. The third kappa shape index (κ3) is 5.00. The number of nitrogens with zero attached hydrogens (tertiary/aromatic N) is 3. The van der Waals surface area contributed by atoms with Gasteiger partial charge < -0.3 is 14.8 Å². The largest absolute Gasteiger partial charge is 0.353 e. The molecule has 0 radical (unpaired) electrons. The lowest BCUT2D eigenvalue weighted by atomic mass is 10.0. The molecule has 0 saturated carbocycles. The van der Waals surface area contributed by atoms with Gasteiger partial charge in [-0.05, 0) is 50.4 Å². The molecule has 1 N–H and O–H groups in total. The minimum absolute atomic E-state index is 0.0876. The molecule has 1 aromatic heterocycles. The van der Waals surface area contributed by atoms with Crippen LogP contribution in [0.4, 0.5) is 4.79 Å². The van der Waals surface area contributed by atoms with Gasteiger partial charge in [-0.3, -0.25) is 4.90 Å². The van der Waals surface area contributed by atoms with Crippen molar-refractivity contribution in [3.63, 3.8) is 0 Å². The van der Waals surface area contributed by atoms with Gasteiger partial charge in [0.1, 0.15) is 0 Å². The highest BCUT2D eigenvalue weighted by molar-refractivity contribution is 5.75. The van der Waals surface area contributed by atoms with Gasteiger partial charge >= 0.3 is 6.03 Å². The first kappa shape index (κ1) is 19.8. The van der Waals surface area contributed by atoms with Crippen LogP contribution in [0.15, 0.2) is 18.3 Å². The van der Waals surface area contributed by atoms with Crippen molar-refractivity contribution in [1.29, 1.82) is 0 Å². The number of rotatable bonds is 8. The van der Waals surface area contributed by atoms with Gasteiger partial charge in [0.25, 0.3) is 0 Å². The van der Waals surface area contributed by atoms with Crippen LogP contribution in [0, 0.1) is 5.92 Å². The van der Waals surface area contributed by atoms with Gasteiger partial charge in [0.15, 0.2) is 0 Å². The second kappa shape index (κ2) is 9.27. The summed E-state index contributed by atoms with van der Waals surface area (Å²) in [5, 5.41) is 3.23. The maximum absolute atomic E-state index is 12.8. The molecule has 2 rings (SSSR count). The Bertz CT molecular complexity index is 536. The average molecular weight is 349 g/mol. The Balaban J connectivity index is 1.98. The van der Waals surface area contributed by atoms with Crippen LogP contribution in [0.2, 0.25) is 0 Å². The molecular formula is C20H36N4O. The second-order valence-corrected chi connectivity index (χ2v) is 7.59. The highest BCUT2D eigenvalue weighted by Gasteiger charge is 2.31. The summed E-state index contributed by atoms with van der Waals surface area (Å²) in [6.07, 6.45) is 5.30. The zero-order valence-corrected chi connectivity index (χ0v) is 16.7. The van der Waals surface area contributed by atoms with Crippen molar-refractivity contribution in [3.05, 3.63) is 24.0 Å². The number of aromatic nitrogens is 1. The molecule has 2 unspecified atom stereocenters. The highest BCUT2D eigenvalue weighted by Crippen LogP contribution is 2.31. The standard InChI is InChI=1S/C20H36N4O/c1-6-23(7-2)17(14-16(3)4)15-21-20(25)24-13-9-11-19(24)18-10-8-12-22(18)5/h8,10,12,16-17,19H,6-7,9,11,13-15H2,1-5H3,(H,21,25). The second-order valence-electron chi connectivity index (χ2n) is 7.59. The van der Waals surface area contributed by atoms with Crippen LogP contribution in [-0.4, -0.2) is 52.6 Å². The van der Waals surface area contributed by atoms with E-state index in [0.717, 1.165) is 45.4 Å². The van der Waals surface area contributed by atoms with E-state index in [4.69, 9.17) is 0 Å². The van der Waals surface area contributed by atoms with E-state index >= 15 is 0 Å². The van der Waals surface area contributed by atoms with Crippen LogP contribution in [0.1, 0.15) is 58.7 Å². The summed E-state index contributed by atoms with van der Waals surface area (Å²) in [4.78, 5) is 17.3. The number of urea groups is 1. The summed E-state index contributed by atoms with van der Waals surface area (Å²) in [6, 6.07) is 4.90. The summed E-state index contributed by atoms with van der Waals surface area (Å²) in [6.45, 7) is 12.5. The molecule has 1 aliphatic heterocycles. The summed E-state index contributed by atoms with van der Waals surface area (Å²) in [7, 11) is 2.06. The fourth-order valence-electron chi connectivity index (χ4n) is 4.09. The van der Waals surface area contributed by atoms with E-state index in [9.17, 15) is 4.79 Å². The summed E-state index contributed by atoms with van der Waals surface area (Å²) >= 11 is 0. The normalized spacial score (nSPS) is 19.0. The predicted octanol–water partition coefficient (Wildman–Crippen LogP) is 3.63. The molecule has 1 aromatic rings. The monoisotopic (exact) mass is 348 g/mol. The number of aryl methyl sites for hydroxylation is 1. The zero-order chi connectivity index (χ0) is 18.4. The molecule has 0 aromatic carbocycles. The first-order valence-electron chi connectivity index (χ1n) is 9.87. The van der Waals surface area contributed by atoms with Crippen LogP contribution in [0.3, 0.4) is 0 Å². The average Bonchev–Trinajstić information content (AvgIpc) is 3.21. The van der Waals surface area contributed by atoms with Crippen molar-refractivity contribution in [2.45, 2.75) is 59.0 Å². The Hall–Kier alpha value is -1.49. The quantitative estimate of drug-likeness (QED) is 0.779. The van der Waals surface area contributed by atoms with Crippen LogP contribution in [0.25, 0.3) is 0 Å². The smallest absolute Gasteiger partial charge is 0.318 e. The summed E-state index contributed by atoms with van der Waals surface area (Å²) in [5.74, 6) is 0.630. The van der Waals surface area contributed by atoms with Crippen LogP contribution in [0.5, 0.6) is 0 Å². The molecule has 5 nitrogen and oxygen atoms in total. The van der Waals surface area contributed by atoms with Gasteiger partial charge in [-0.25, -0.2) is 4.79 Å². The Labute approximate surface area is 153 Å².